The predicted molar refractivity (Wildman–Crippen MR) is 77.0 cm³/mol. The van der Waals surface area contributed by atoms with Crippen LogP contribution < -0.4 is 10.0 Å². The van der Waals surface area contributed by atoms with Gasteiger partial charge in [-0.1, -0.05) is 6.92 Å². The minimum absolute atomic E-state index is 0.166. The van der Waals surface area contributed by atoms with Crippen molar-refractivity contribution in [1.82, 2.24) is 4.72 Å². The van der Waals surface area contributed by atoms with E-state index in [9.17, 15) is 13.2 Å². The molecule has 0 unspecified atom stereocenters. The highest BCUT2D eigenvalue weighted by atomic mass is 32.2. The van der Waals surface area contributed by atoms with Crippen LogP contribution in [-0.2, 0) is 19.6 Å². The average Bonchev–Trinajstić information content (AvgIpc) is 2.39. The van der Waals surface area contributed by atoms with Crippen LogP contribution in [0.15, 0.2) is 29.2 Å². The Morgan fingerprint density at radius 3 is 2.40 bits per heavy atom. The van der Waals surface area contributed by atoms with E-state index >= 15 is 0 Å². The molecule has 2 N–H and O–H groups in total. The van der Waals surface area contributed by atoms with E-state index in [1.54, 1.807) is 19.1 Å². The number of sulfonamides is 1. The Labute approximate surface area is 119 Å². The Balaban J connectivity index is 2.61. The van der Waals surface area contributed by atoms with Gasteiger partial charge in [-0.15, -0.1) is 0 Å². The van der Waals surface area contributed by atoms with E-state index < -0.39 is 10.0 Å². The monoisotopic (exact) mass is 300 g/mol. The summed E-state index contributed by atoms with van der Waals surface area (Å²) >= 11 is 0. The van der Waals surface area contributed by atoms with Crippen LogP contribution in [0.3, 0.4) is 0 Å². The first-order valence-corrected chi connectivity index (χ1v) is 7.95. The van der Waals surface area contributed by atoms with E-state index in [1.807, 2.05) is 6.92 Å². The maximum atomic E-state index is 11.7. The summed E-state index contributed by atoms with van der Waals surface area (Å²) in [5.41, 5.74) is 0.557. The van der Waals surface area contributed by atoms with E-state index in [0.29, 0.717) is 25.4 Å². The molecule has 1 aromatic rings. The summed E-state index contributed by atoms with van der Waals surface area (Å²) in [5, 5.41) is 2.68. The number of amides is 1. The molecule has 1 amide bonds. The van der Waals surface area contributed by atoms with E-state index in [1.165, 1.54) is 12.1 Å². The van der Waals surface area contributed by atoms with Crippen molar-refractivity contribution in [2.24, 2.45) is 0 Å². The summed E-state index contributed by atoms with van der Waals surface area (Å²) < 4.78 is 30.9. The van der Waals surface area contributed by atoms with Gasteiger partial charge in [0.05, 0.1) is 17.9 Å². The zero-order chi connectivity index (χ0) is 15.0. The van der Waals surface area contributed by atoms with Gasteiger partial charge in [-0.25, -0.2) is 13.1 Å². The van der Waals surface area contributed by atoms with E-state index in [0.717, 1.165) is 0 Å². The molecule has 0 aliphatic rings. The lowest BCUT2D eigenvalue weighted by Crippen LogP contribution is -2.23. The number of carbonyl (C=O) groups excluding carboxylic acids is 1. The molecule has 0 atom stereocenters. The summed E-state index contributed by atoms with van der Waals surface area (Å²) in [7, 11) is -3.46. The average molecular weight is 300 g/mol. The first-order chi connectivity index (χ1) is 9.49. The molecule has 0 fully saturated rings. The Morgan fingerprint density at radius 1 is 1.20 bits per heavy atom. The maximum absolute atomic E-state index is 11.7. The number of anilines is 1. The minimum atomic E-state index is -3.46. The fourth-order valence-corrected chi connectivity index (χ4v) is 2.56. The lowest BCUT2D eigenvalue weighted by atomic mass is 10.3. The zero-order valence-corrected chi connectivity index (χ0v) is 12.5. The van der Waals surface area contributed by atoms with Crippen molar-refractivity contribution in [1.29, 1.82) is 0 Å². The molecule has 0 spiro atoms. The quantitative estimate of drug-likeness (QED) is 0.710. The second-order valence-electron chi connectivity index (χ2n) is 4.02. The number of hydrogen-bond acceptors (Lipinski definition) is 4. The van der Waals surface area contributed by atoms with Gasteiger partial charge >= 0.3 is 0 Å². The van der Waals surface area contributed by atoms with Crippen LogP contribution in [0.4, 0.5) is 5.69 Å². The fourth-order valence-electron chi connectivity index (χ4n) is 1.52. The van der Waals surface area contributed by atoms with Crippen LogP contribution in [0.1, 0.15) is 20.3 Å². The summed E-state index contributed by atoms with van der Waals surface area (Å²) in [4.78, 5) is 11.7. The molecule has 0 saturated carbocycles. The molecule has 1 aromatic carbocycles. The SMILES string of the molecule is CCNS(=O)(=O)c1ccc(NC(=O)CCOCC)cc1. The molecular weight excluding hydrogens is 280 g/mol. The minimum Gasteiger partial charge on any atom is -0.381 e. The Kier molecular flexibility index (Phi) is 6.63. The fraction of sp³-hybridized carbons (Fsp3) is 0.462. The molecule has 0 radical (unpaired) electrons. The van der Waals surface area contributed by atoms with Crippen molar-refractivity contribution in [2.75, 3.05) is 25.1 Å². The van der Waals surface area contributed by atoms with Gasteiger partial charge in [0, 0.05) is 18.8 Å². The molecular formula is C13H20N2O4S. The van der Waals surface area contributed by atoms with Gasteiger partial charge in [0.25, 0.3) is 0 Å². The maximum Gasteiger partial charge on any atom is 0.240 e. The molecule has 0 aromatic heterocycles. The van der Waals surface area contributed by atoms with Gasteiger partial charge in [0.2, 0.25) is 15.9 Å². The number of hydrogen-bond donors (Lipinski definition) is 2. The number of rotatable bonds is 8. The van der Waals surface area contributed by atoms with Crippen molar-refractivity contribution < 1.29 is 17.9 Å². The molecule has 6 nitrogen and oxygen atoms in total. The van der Waals surface area contributed by atoms with Gasteiger partial charge in [-0.2, -0.15) is 0 Å². The summed E-state index contributed by atoms with van der Waals surface area (Å²) in [5.74, 6) is -0.166. The highest BCUT2D eigenvalue weighted by molar-refractivity contribution is 7.89. The number of nitrogens with one attached hydrogen (secondary N) is 2. The van der Waals surface area contributed by atoms with Crippen molar-refractivity contribution in [2.45, 2.75) is 25.2 Å². The van der Waals surface area contributed by atoms with Gasteiger partial charge in [-0.05, 0) is 31.2 Å². The first-order valence-electron chi connectivity index (χ1n) is 6.47. The van der Waals surface area contributed by atoms with Gasteiger partial charge < -0.3 is 10.1 Å². The molecule has 0 aliphatic carbocycles. The van der Waals surface area contributed by atoms with Gasteiger partial charge in [0.1, 0.15) is 0 Å². The van der Waals surface area contributed by atoms with Crippen molar-refractivity contribution in [3.63, 3.8) is 0 Å². The standard InChI is InChI=1S/C13H20N2O4S/c1-3-14-20(17,18)12-7-5-11(6-8-12)15-13(16)9-10-19-4-2/h5-8,14H,3-4,9-10H2,1-2H3,(H,15,16). The Morgan fingerprint density at radius 2 is 1.85 bits per heavy atom. The second-order valence-corrected chi connectivity index (χ2v) is 5.79. The smallest absolute Gasteiger partial charge is 0.240 e. The third-order valence-electron chi connectivity index (χ3n) is 2.46. The third-order valence-corrected chi connectivity index (χ3v) is 4.02. The van der Waals surface area contributed by atoms with Crippen LogP contribution in [0.5, 0.6) is 0 Å². The lowest BCUT2D eigenvalue weighted by Gasteiger charge is -2.07. The molecule has 112 valence electrons. The van der Waals surface area contributed by atoms with Crippen LogP contribution in [0, 0.1) is 0 Å². The van der Waals surface area contributed by atoms with Crippen molar-refractivity contribution in [3.05, 3.63) is 24.3 Å². The lowest BCUT2D eigenvalue weighted by molar-refractivity contribution is -0.117. The van der Waals surface area contributed by atoms with Gasteiger partial charge in [0.15, 0.2) is 0 Å². The molecule has 0 saturated heterocycles. The molecule has 0 heterocycles. The van der Waals surface area contributed by atoms with E-state index in [2.05, 4.69) is 10.0 Å². The normalized spacial score (nSPS) is 11.3. The highest BCUT2D eigenvalue weighted by Crippen LogP contribution is 2.14. The number of carbonyl (C=O) groups is 1. The molecule has 0 aliphatic heterocycles. The number of ether oxygens (including phenoxy) is 1. The van der Waals surface area contributed by atoms with Crippen LogP contribution in [0.25, 0.3) is 0 Å². The third kappa shape index (κ3) is 5.28. The highest BCUT2D eigenvalue weighted by Gasteiger charge is 2.12. The summed E-state index contributed by atoms with van der Waals surface area (Å²) in [6.45, 7) is 4.85. The second kappa shape index (κ2) is 7.98. The molecule has 1 rings (SSSR count). The van der Waals surface area contributed by atoms with E-state index in [-0.39, 0.29) is 17.2 Å². The summed E-state index contributed by atoms with van der Waals surface area (Å²) in [6, 6.07) is 6.03. The van der Waals surface area contributed by atoms with E-state index in [4.69, 9.17) is 4.74 Å². The molecule has 0 bridgehead atoms. The topological polar surface area (TPSA) is 84.5 Å². The largest absolute Gasteiger partial charge is 0.381 e. The van der Waals surface area contributed by atoms with Crippen molar-refractivity contribution in [3.8, 4) is 0 Å². The van der Waals surface area contributed by atoms with Gasteiger partial charge in [-0.3, -0.25) is 4.79 Å². The molecule has 20 heavy (non-hydrogen) atoms. The van der Waals surface area contributed by atoms with Crippen molar-refractivity contribution >= 4 is 21.6 Å². The van der Waals surface area contributed by atoms with Crippen LogP contribution in [0.2, 0.25) is 0 Å². The van der Waals surface area contributed by atoms with Crippen LogP contribution >= 0.6 is 0 Å². The van der Waals surface area contributed by atoms with Crippen LogP contribution in [-0.4, -0.2) is 34.1 Å². The first kappa shape index (κ1) is 16.6. The summed E-state index contributed by atoms with van der Waals surface area (Å²) in [6.07, 6.45) is 0.269. The Hall–Kier alpha value is -1.44. The Bertz CT molecular complexity index is 526. The zero-order valence-electron chi connectivity index (χ0n) is 11.7. The predicted octanol–water partition coefficient (Wildman–Crippen LogP) is 1.35. The molecule has 7 heteroatoms. The number of benzene rings is 1.